The van der Waals surface area contributed by atoms with Crippen LogP contribution in [0.4, 0.5) is 0 Å². The van der Waals surface area contributed by atoms with Crippen molar-refractivity contribution >= 4 is 52.9 Å². The fourth-order valence-electron chi connectivity index (χ4n) is 2.60. The van der Waals surface area contributed by atoms with Crippen molar-refractivity contribution in [2.24, 2.45) is 0 Å². The maximum Gasteiger partial charge on any atom is 0.0438 e. The summed E-state index contributed by atoms with van der Waals surface area (Å²) in [5.41, 5.74) is 0. The van der Waals surface area contributed by atoms with E-state index in [9.17, 15) is 0 Å². The lowest BCUT2D eigenvalue weighted by atomic mass is 10.1. The zero-order valence-electron chi connectivity index (χ0n) is 10.3. The summed E-state index contributed by atoms with van der Waals surface area (Å²) in [5.74, 6) is 0. The molecule has 0 radical (unpaired) electrons. The molecule has 0 aliphatic rings. The molecular weight excluding hydrogens is 268 g/mol. The van der Waals surface area contributed by atoms with Crippen LogP contribution < -0.4 is 0 Å². The van der Waals surface area contributed by atoms with Gasteiger partial charge in [-0.3, -0.25) is 0 Å². The number of allylic oxidation sites excluding steroid dienone is 1. The minimum absolute atomic E-state index is 0.961. The first-order valence-electron chi connectivity index (χ1n) is 6.30. The number of benzene rings is 2. The Morgan fingerprint density at radius 2 is 1.89 bits per heavy atom. The van der Waals surface area contributed by atoms with Crippen LogP contribution in [-0.2, 0) is 6.42 Å². The maximum atomic E-state index is 3.84. The number of hydrogen-bond donors (Lipinski definition) is 0. The molecule has 0 nitrogen and oxygen atoms in total. The van der Waals surface area contributed by atoms with E-state index in [0.29, 0.717) is 0 Å². The summed E-state index contributed by atoms with van der Waals surface area (Å²) in [4.78, 5) is 1.40. The van der Waals surface area contributed by atoms with Gasteiger partial charge in [-0.1, -0.05) is 30.3 Å². The van der Waals surface area contributed by atoms with Crippen LogP contribution in [0.25, 0.3) is 30.3 Å². The van der Waals surface area contributed by atoms with E-state index in [1.807, 2.05) is 28.7 Å². The average molecular weight is 280 g/mol. The topological polar surface area (TPSA) is 0 Å². The molecule has 0 saturated heterocycles. The Balaban J connectivity index is 2.18. The highest BCUT2D eigenvalue weighted by atomic mass is 32.1. The SMILES string of the molecule is C=CCc1cc2ccc3sc4ccccc4c3c2s1. The summed E-state index contributed by atoms with van der Waals surface area (Å²) in [5, 5.41) is 4.18. The molecule has 0 aliphatic heterocycles. The molecule has 4 rings (SSSR count). The quantitative estimate of drug-likeness (QED) is 0.395. The fourth-order valence-corrected chi connectivity index (χ4v) is 5.00. The average Bonchev–Trinajstić information content (AvgIpc) is 2.98. The molecule has 92 valence electrons. The number of thiophene rings is 2. The van der Waals surface area contributed by atoms with Gasteiger partial charge in [-0.25, -0.2) is 0 Å². The second kappa shape index (κ2) is 4.19. The van der Waals surface area contributed by atoms with Gasteiger partial charge in [0.05, 0.1) is 0 Å². The monoisotopic (exact) mass is 280 g/mol. The van der Waals surface area contributed by atoms with Crippen molar-refractivity contribution in [2.45, 2.75) is 6.42 Å². The van der Waals surface area contributed by atoms with Crippen molar-refractivity contribution in [3.05, 3.63) is 60.0 Å². The second-order valence-electron chi connectivity index (χ2n) is 4.66. The molecular formula is C17H12S2. The van der Waals surface area contributed by atoms with Crippen molar-refractivity contribution in [1.29, 1.82) is 0 Å². The van der Waals surface area contributed by atoms with E-state index < -0.39 is 0 Å². The normalized spacial score (nSPS) is 11.6. The zero-order chi connectivity index (χ0) is 12.8. The van der Waals surface area contributed by atoms with Crippen LogP contribution in [0.3, 0.4) is 0 Å². The van der Waals surface area contributed by atoms with Crippen molar-refractivity contribution in [3.8, 4) is 0 Å². The third-order valence-corrected chi connectivity index (χ3v) is 5.75. The molecule has 0 saturated carbocycles. The first kappa shape index (κ1) is 11.2. The molecule has 0 N–H and O–H groups in total. The third-order valence-electron chi connectivity index (χ3n) is 3.42. The molecule has 0 atom stereocenters. The van der Waals surface area contributed by atoms with Crippen LogP contribution in [0.1, 0.15) is 4.88 Å². The Kier molecular flexibility index (Phi) is 2.47. The van der Waals surface area contributed by atoms with Crippen LogP contribution in [0.2, 0.25) is 0 Å². The van der Waals surface area contributed by atoms with E-state index in [1.54, 1.807) is 0 Å². The summed E-state index contributed by atoms with van der Waals surface area (Å²) < 4.78 is 4.19. The van der Waals surface area contributed by atoms with Crippen LogP contribution in [0.15, 0.2) is 55.1 Å². The Morgan fingerprint density at radius 3 is 2.79 bits per heavy atom. The predicted molar refractivity (Wildman–Crippen MR) is 88.6 cm³/mol. The lowest BCUT2D eigenvalue weighted by molar-refractivity contribution is 1.36. The molecule has 0 bridgehead atoms. The van der Waals surface area contributed by atoms with Gasteiger partial charge in [0.1, 0.15) is 0 Å². The Bertz CT molecular complexity index is 909. The summed E-state index contributed by atoms with van der Waals surface area (Å²) >= 11 is 3.79. The highest BCUT2D eigenvalue weighted by Crippen LogP contribution is 2.41. The maximum absolute atomic E-state index is 3.84. The van der Waals surface area contributed by atoms with E-state index >= 15 is 0 Å². The van der Waals surface area contributed by atoms with E-state index in [1.165, 1.54) is 35.1 Å². The van der Waals surface area contributed by atoms with Gasteiger partial charge in [-0.05, 0) is 30.0 Å². The predicted octanol–water partition coefficient (Wildman–Crippen LogP) is 6.00. The summed E-state index contributed by atoms with van der Waals surface area (Å²) in [6.45, 7) is 3.84. The summed E-state index contributed by atoms with van der Waals surface area (Å²) in [7, 11) is 0. The van der Waals surface area contributed by atoms with Crippen LogP contribution >= 0.6 is 22.7 Å². The molecule has 0 fully saturated rings. The van der Waals surface area contributed by atoms with Gasteiger partial charge in [-0.15, -0.1) is 29.3 Å². The van der Waals surface area contributed by atoms with E-state index in [2.05, 4.69) is 49.0 Å². The fraction of sp³-hybridized carbons (Fsp3) is 0.0588. The molecule has 2 heterocycles. The number of rotatable bonds is 2. The molecule has 2 aromatic carbocycles. The molecule has 2 heteroatoms. The molecule has 2 aromatic heterocycles. The van der Waals surface area contributed by atoms with Crippen LogP contribution in [-0.4, -0.2) is 0 Å². The van der Waals surface area contributed by atoms with E-state index in [4.69, 9.17) is 0 Å². The molecule has 0 spiro atoms. The molecule has 0 amide bonds. The number of hydrogen-bond acceptors (Lipinski definition) is 2. The van der Waals surface area contributed by atoms with Crippen LogP contribution in [0, 0.1) is 0 Å². The number of fused-ring (bicyclic) bond motifs is 5. The van der Waals surface area contributed by atoms with Crippen molar-refractivity contribution in [2.75, 3.05) is 0 Å². The van der Waals surface area contributed by atoms with Crippen LogP contribution in [0.5, 0.6) is 0 Å². The molecule has 0 aliphatic carbocycles. The largest absolute Gasteiger partial charge is 0.139 e. The minimum atomic E-state index is 0.961. The lowest BCUT2D eigenvalue weighted by Crippen LogP contribution is -1.67. The van der Waals surface area contributed by atoms with E-state index in [-0.39, 0.29) is 0 Å². The smallest absolute Gasteiger partial charge is 0.0438 e. The van der Waals surface area contributed by atoms with Gasteiger partial charge >= 0.3 is 0 Å². The Hall–Kier alpha value is -1.64. The van der Waals surface area contributed by atoms with Gasteiger partial charge in [0.15, 0.2) is 0 Å². The highest BCUT2D eigenvalue weighted by Gasteiger charge is 2.10. The van der Waals surface area contributed by atoms with Crippen molar-refractivity contribution in [3.63, 3.8) is 0 Å². The second-order valence-corrected chi connectivity index (χ2v) is 6.88. The van der Waals surface area contributed by atoms with E-state index in [0.717, 1.165) is 6.42 Å². The van der Waals surface area contributed by atoms with Gasteiger partial charge < -0.3 is 0 Å². The molecule has 0 unspecified atom stereocenters. The molecule has 19 heavy (non-hydrogen) atoms. The standard InChI is InChI=1S/C17H12S2/c1-2-5-12-10-11-8-9-15-16(17(11)18-12)13-6-3-4-7-14(13)19-15/h2-4,6-10H,1,5H2. The van der Waals surface area contributed by atoms with Crippen molar-refractivity contribution in [1.82, 2.24) is 0 Å². The Labute approximate surface area is 119 Å². The first-order valence-corrected chi connectivity index (χ1v) is 7.93. The first-order chi connectivity index (χ1) is 9.36. The minimum Gasteiger partial charge on any atom is -0.139 e. The zero-order valence-corrected chi connectivity index (χ0v) is 12.0. The lowest BCUT2D eigenvalue weighted by Gasteiger charge is -1.93. The summed E-state index contributed by atoms with van der Waals surface area (Å²) in [6.07, 6.45) is 2.94. The molecule has 4 aromatic rings. The van der Waals surface area contributed by atoms with Gasteiger partial charge in [0, 0.05) is 29.7 Å². The Morgan fingerprint density at radius 1 is 1.00 bits per heavy atom. The van der Waals surface area contributed by atoms with Crippen molar-refractivity contribution < 1.29 is 0 Å². The van der Waals surface area contributed by atoms with Gasteiger partial charge in [-0.2, -0.15) is 0 Å². The third kappa shape index (κ3) is 1.64. The van der Waals surface area contributed by atoms with Gasteiger partial charge in [0.2, 0.25) is 0 Å². The summed E-state index contributed by atoms with van der Waals surface area (Å²) in [6, 6.07) is 15.5. The van der Waals surface area contributed by atoms with Gasteiger partial charge in [0.25, 0.3) is 0 Å². The highest BCUT2D eigenvalue weighted by molar-refractivity contribution is 7.27.